The van der Waals surface area contributed by atoms with Crippen LogP contribution < -0.4 is 5.32 Å². The van der Waals surface area contributed by atoms with Crippen molar-refractivity contribution in [3.63, 3.8) is 0 Å². The van der Waals surface area contributed by atoms with Gasteiger partial charge in [-0.25, -0.2) is 4.79 Å². The molecule has 2 saturated heterocycles. The summed E-state index contributed by atoms with van der Waals surface area (Å²) in [5.41, 5.74) is -0.225. The molecule has 0 aromatic heterocycles. The number of carbonyl (C=O) groups excluding carboxylic acids is 3. The number of nitrogens with zero attached hydrogens (tertiary/aromatic N) is 2. The molecule has 3 fully saturated rings. The molecular weight excluding hydrogens is 442 g/mol. The molecule has 0 spiro atoms. The number of nitrogens with one attached hydrogen (secondary N) is 1. The Bertz CT molecular complexity index is 880. The van der Waals surface area contributed by atoms with Crippen molar-refractivity contribution < 1.29 is 19.1 Å². The van der Waals surface area contributed by atoms with Crippen molar-refractivity contribution in [1.82, 2.24) is 15.1 Å². The van der Waals surface area contributed by atoms with Crippen molar-refractivity contribution in [1.29, 1.82) is 0 Å². The zero-order valence-electron chi connectivity index (χ0n) is 19.4. The van der Waals surface area contributed by atoms with E-state index in [-0.39, 0.29) is 36.9 Å². The zero-order chi connectivity index (χ0) is 23.4. The van der Waals surface area contributed by atoms with Gasteiger partial charge in [0.1, 0.15) is 5.54 Å². The first-order valence-corrected chi connectivity index (χ1v) is 12.5. The molecule has 3 aliphatic rings. The maximum absolute atomic E-state index is 13.7. The van der Waals surface area contributed by atoms with Gasteiger partial charge in [0.2, 0.25) is 5.91 Å². The van der Waals surface area contributed by atoms with Gasteiger partial charge in [0.25, 0.3) is 5.91 Å². The Labute approximate surface area is 200 Å². The summed E-state index contributed by atoms with van der Waals surface area (Å²) in [4.78, 5) is 42.5. The molecule has 1 aromatic carbocycles. The summed E-state index contributed by atoms with van der Waals surface area (Å²) in [7, 11) is 1.55. The number of halogens is 1. The highest BCUT2D eigenvalue weighted by atomic mass is 35.5. The third-order valence-electron chi connectivity index (χ3n) is 7.63. The number of ether oxygens (including phenoxy) is 1. The third kappa shape index (κ3) is 5.04. The van der Waals surface area contributed by atoms with Crippen LogP contribution in [0.3, 0.4) is 0 Å². The lowest BCUT2D eigenvalue weighted by atomic mass is 9.73. The molecule has 1 unspecified atom stereocenters. The minimum absolute atomic E-state index is 0.0756. The highest BCUT2D eigenvalue weighted by Crippen LogP contribution is 2.38. The van der Waals surface area contributed by atoms with Crippen molar-refractivity contribution in [2.75, 3.05) is 33.4 Å². The fraction of sp³-hybridized carbons (Fsp3) is 0.640. The number of amides is 4. The molecule has 0 radical (unpaired) electrons. The van der Waals surface area contributed by atoms with Crippen LogP contribution in [0, 0.1) is 11.8 Å². The van der Waals surface area contributed by atoms with Gasteiger partial charge in [-0.1, -0.05) is 42.6 Å². The van der Waals surface area contributed by atoms with Crippen LogP contribution in [0.25, 0.3) is 0 Å². The van der Waals surface area contributed by atoms with Crippen LogP contribution in [-0.4, -0.2) is 66.5 Å². The molecule has 0 bridgehead atoms. The summed E-state index contributed by atoms with van der Waals surface area (Å²) in [5, 5.41) is 3.63. The Balaban J connectivity index is 1.51. The third-order valence-corrected chi connectivity index (χ3v) is 8.00. The topological polar surface area (TPSA) is 79.0 Å². The smallest absolute Gasteiger partial charge is 0.325 e. The Kier molecular flexibility index (Phi) is 7.59. The molecule has 180 valence electrons. The van der Waals surface area contributed by atoms with Crippen LogP contribution in [0.4, 0.5) is 4.79 Å². The van der Waals surface area contributed by atoms with Crippen LogP contribution in [0.5, 0.6) is 0 Å². The van der Waals surface area contributed by atoms with Crippen LogP contribution in [-0.2, 0) is 20.7 Å². The maximum atomic E-state index is 13.7. The molecule has 33 heavy (non-hydrogen) atoms. The average molecular weight is 476 g/mol. The standard InChI is InChI=1S/C25H34ClN3O4/c1-33-15-14-29-23(31)25(27-24(29)32,17-19-8-4-5-9-21(19)26)20-10-12-28(13-11-20)22(30)16-18-6-2-3-7-18/h4-5,8-9,18,20H,2-3,6-7,10-17H2,1H3,(H,27,32). The number of hydrogen-bond donors (Lipinski definition) is 1. The zero-order valence-corrected chi connectivity index (χ0v) is 20.1. The Morgan fingerprint density at radius 2 is 1.85 bits per heavy atom. The summed E-state index contributed by atoms with van der Waals surface area (Å²) in [5.74, 6) is 0.448. The second-order valence-electron chi connectivity index (χ2n) is 9.63. The number of piperidine rings is 1. The number of hydrogen-bond acceptors (Lipinski definition) is 4. The molecular formula is C25H34ClN3O4. The first-order valence-electron chi connectivity index (χ1n) is 12.1. The van der Waals surface area contributed by atoms with Gasteiger partial charge in [-0.2, -0.15) is 0 Å². The SMILES string of the molecule is COCCN1C(=O)NC(Cc2ccccc2Cl)(C2CCN(C(=O)CC3CCCC3)CC2)C1=O. The number of urea groups is 1. The van der Waals surface area contributed by atoms with Crippen molar-refractivity contribution in [3.8, 4) is 0 Å². The minimum Gasteiger partial charge on any atom is -0.383 e. The summed E-state index contributed by atoms with van der Waals surface area (Å²) < 4.78 is 5.11. The van der Waals surface area contributed by atoms with Crippen molar-refractivity contribution in [2.24, 2.45) is 11.8 Å². The van der Waals surface area contributed by atoms with Gasteiger partial charge in [-0.05, 0) is 49.1 Å². The molecule has 4 amide bonds. The number of carbonyl (C=O) groups is 3. The Morgan fingerprint density at radius 1 is 1.15 bits per heavy atom. The van der Waals surface area contributed by atoms with E-state index in [1.165, 1.54) is 17.7 Å². The van der Waals surface area contributed by atoms with E-state index in [2.05, 4.69) is 5.32 Å². The van der Waals surface area contributed by atoms with Gasteiger partial charge in [-0.15, -0.1) is 0 Å². The number of benzene rings is 1. The Hall–Kier alpha value is -2.12. The summed E-state index contributed by atoms with van der Waals surface area (Å²) in [6.45, 7) is 1.73. The fourth-order valence-electron chi connectivity index (χ4n) is 5.73. The van der Waals surface area contributed by atoms with Gasteiger partial charge in [-0.3, -0.25) is 14.5 Å². The lowest BCUT2D eigenvalue weighted by Crippen LogP contribution is -2.58. The van der Waals surface area contributed by atoms with E-state index in [0.717, 1.165) is 18.4 Å². The lowest BCUT2D eigenvalue weighted by Gasteiger charge is -2.41. The normalized spacial score (nSPS) is 24.5. The van der Waals surface area contributed by atoms with E-state index in [1.54, 1.807) is 13.2 Å². The molecule has 1 atom stereocenters. The summed E-state index contributed by atoms with van der Waals surface area (Å²) in [6.07, 6.45) is 7.08. The van der Waals surface area contributed by atoms with E-state index in [0.29, 0.717) is 49.7 Å². The molecule has 1 aliphatic carbocycles. The van der Waals surface area contributed by atoms with Crippen molar-refractivity contribution in [2.45, 2.75) is 56.9 Å². The van der Waals surface area contributed by atoms with Crippen LogP contribution >= 0.6 is 11.6 Å². The first kappa shape index (κ1) is 24.0. The molecule has 2 heterocycles. The van der Waals surface area contributed by atoms with E-state index in [1.807, 2.05) is 23.1 Å². The number of imide groups is 1. The quantitative estimate of drug-likeness (QED) is 0.582. The number of methoxy groups -OCH3 is 1. The van der Waals surface area contributed by atoms with Crippen LogP contribution in [0.15, 0.2) is 24.3 Å². The molecule has 4 rings (SSSR count). The number of rotatable bonds is 8. The average Bonchev–Trinajstić information content (AvgIpc) is 3.41. The second-order valence-corrected chi connectivity index (χ2v) is 10.0. The van der Waals surface area contributed by atoms with Crippen LogP contribution in [0.1, 0.15) is 50.5 Å². The minimum atomic E-state index is -1.06. The van der Waals surface area contributed by atoms with E-state index in [9.17, 15) is 14.4 Å². The highest BCUT2D eigenvalue weighted by Gasteiger charge is 2.56. The second kappa shape index (κ2) is 10.4. The molecule has 1 saturated carbocycles. The predicted octanol–water partition coefficient (Wildman–Crippen LogP) is 3.64. The van der Waals surface area contributed by atoms with Crippen molar-refractivity contribution in [3.05, 3.63) is 34.9 Å². The van der Waals surface area contributed by atoms with Crippen molar-refractivity contribution >= 4 is 29.4 Å². The van der Waals surface area contributed by atoms with E-state index < -0.39 is 5.54 Å². The van der Waals surface area contributed by atoms with E-state index in [4.69, 9.17) is 16.3 Å². The van der Waals surface area contributed by atoms with Gasteiger partial charge in [0.05, 0.1) is 13.2 Å². The monoisotopic (exact) mass is 475 g/mol. The Morgan fingerprint density at radius 3 is 2.52 bits per heavy atom. The predicted molar refractivity (Wildman–Crippen MR) is 126 cm³/mol. The highest BCUT2D eigenvalue weighted by molar-refractivity contribution is 6.31. The van der Waals surface area contributed by atoms with Gasteiger partial charge >= 0.3 is 6.03 Å². The van der Waals surface area contributed by atoms with Crippen LogP contribution in [0.2, 0.25) is 5.02 Å². The molecule has 8 heteroatoms. The van der Waals surface area contributed by atoms with E-state index >= 15 is 0 Å². The fourth-order valence-corrected chi connectivity index (χ4v) is 5.93. The van der Waals surface area contributed by atoms with Gasteiger partial charge in [0, 0.05) is 38.1 Å². The molecule has 1 N–H and O–H groups in total. The van der Waals surface area contributed by atoms with Gasteiger partial charge in [0.15, 0.2) is 0 Å². The summed E-state index contributed by atoms with van der Waals surface area (Å²) in [6, 6.07) is 7.07. The largest absolute Gasteiger partial charge is 0.383 e. The van der Waals surface area contributed by atoms with Gasteiger partial charge < -0.3 is 15.0 Å². The maximum Gasteiger partial charge on any atom is 0.325 e. The molecule has 7 nitrogen and oxygen atoms in total. The number of likely N-dealkylation sites (tertiary alicyclic amines) is 1. The first-order chi connectivity index (χ1) is 15.9. The molecule has 2 aliphatic heterocycles. The summed E-state index contributed by atoms with van der Waals surface area (Å²) >= 11 is 6.44. The lowest BCUT2D eigenvalue weighted by molar-refractivity contribution is -0.136. The molecule has 1 aromatic rings.